The average Bonchev–Trinajstić information content (AvgIpc) is 2.63. The van der Waals surface area contributed by atoms with Crippen molar-refractivity contribution >= 4 is 22.8 Å². The van der Waals surface area contributed by atoms with Crippen molar-refractivity contribution in [1.82, 2.24) is 25.2 Å². The zero-order chi connectivity index (χ0) is 17.1. The minimum Gasteiger partial charge on any atom is -0.370 e. The summed E-state index contributed by atoms with van der Waals surface area (Å²) in [5, 5.41) is 3.10. The molecule has 0 bridgehead atoms. The maximum Gasteiger partial charge on any atom is 0.234 e. The molecule has 2 aliphatic rings. The van der Waals surface area contributed by atoms with Crippen LogP contribution in [-0.4, -0.2) is 65.0 Å². The van der Waals surface area contributed by atoms with Gasteiger partial charge < -0.3 is 10.2 Å². The molecule has 1 amide bonds. The van der Waals surface area contributed by atoms with Crippen LogP contribution in [0.1, 0.15) is 19.3 Å². The Hall–Kier alpha value is -2.28. The Kier molecular flexibility index (Phi) is 4.74. The Morgan fingerprint density at radius 1 is 1.08 bits per heavy atom. The number of nitrogens with one attached hydrogen (secondary N) is 1. The minimum absolute atomic E-state index is 0.164. The first-order chi connectivity index (χ1) is 12.3. The van der Waals surface area contributed by atoms with Gasteiger partial charge >= 0.3 is 0 Å². The number of likely N-dealkylation sites (tertiary alicyclic amines) is 1. The van der Waals surface area contributed by atoms with Crippen LogP contribution in [0.4, 0.5) is 5.69 Å². The number of hydrogen-bond acceptors (Lipinski definition) is 6. The van der Waals surface area contributed by atoms with E-state index in [2.05, 4.69) is 30.1 Å². The predicted molar refractivity (Wildman–Crippen MR) is 96.3 cm³/mol. The van der Waals surface area contributed by atoms with Crippen molar-refractivity contribution in [1.29, 1.82) is 0 Å². The quantitative estimate of drug-likeness (QED) is 0.877. The minimum atomic E-state index is 0.164. The number of pyridine rings is 1. The molecule has 0 unspecified atom stereocenters. The second kappa shape index (κ2) is 7.31. The Bertz CT molecular complexity index is 734. The van der Waals surface area contributed by atoms with Gasteiger partial charge in [0.2, 0.25) is 5.91 Å². The molecule has 0 aromatic carbocycles. The Morgan fingerprint density at radius 3 is 2.60 bits per heavy atom. The van der Waals surface area contributed by atoms with E-state index in [1.54, 1.807) is 18.6 Å². The summed E-state index contributed by atoms with van der Waals surface area (Å²) in [5.41, 5.74) is 2.67. The van der Waals surface area contributed by atoms with Crippen molar-refractivity contribution in [3.05, 3.63) is 24.7 Å². The number of amides is 1. The third-order valence-electron chi connectivity index (χ3n) is 5.21. The summed E-state index contributed by atoms with van der Waals surface area (Å²) in [6.07, 6.45) is 8.57. The van der Waals surface area contributed by atoms with Crippen LogP contribution in [-0.2, 0) is 4.79 Å². The summed E-state index contributed by atoms with van der Waals surface area (Å²) in [7, 11) is 0. The number of carbonyl (C=O) groups excluding carboxylic acids is 1. The number of fused-ring (bicyclic) bond motifs is 1. The van der Waals surface area contributed by atoms with E-state index in [9.17, 15) is 4.79 Å². The molecule has 1 N–H and O–H groups in total. The summed E-state index contributed by atoms with van der Waals surface area (Å²) in [4.78, 5) is 29.5. The van der Waals surface area contributed by atoms with Crippen LogP contribution < -0.4 is 10.2 Å². The molecule has 2 aromatic heterocycles. The fraction of sp³-hybridized carbons (Fsp3) is 0.556. The zero-order valence-electron chi connectivity index (χ0n) is 14.4. The summed E-state index contributed by atoms with van der Waals surface area (Å²) >= 11 is 0. The lowest BCUT2D eigenvalue weighted by atomic mass is 9.96. The lowest BCUT2D eigenvalue weighted by Crippen LogP contribution is -2.46. The molecule has 4 heterocycles. The van der Waals surface area contributed by atoms with Crippen LogP contribution in [0.25, 0.3) is 11.2 Å². The molecule has 2 aliphatic heterocycles. The molecule has 0 spiro atoms. The highest BCUT2D eigenvalue weighted by Gasteiger charge is 2.22. The van der Waals surface area contributed by atoms with Gasteiger partial charge in [0.25, 0.3) is 0 Å². The van der Waals surface area contributed by atoms with E-state index in [0.29, 0.717) is 18.1 Å². The normalized spacial score (nSPS) is 19.0. The predicted octanol–water partition coefficient (Wildman–Crippen LogP) is 1.06. The highest BCUT2D eigenvalue weighted by atomic mass is 16.2. The first kappa shape index (κ1) is 16.2. The second-order valence-corrected chi connectivity index (χ2v) is 6.92. The third-order valence-corrected chi connectivity index (χ3v) is 5.21. The largest absolute Gasteiger partial charge is 0.370 e. The second-order valence-electron chi connectivity index (χ2n) is 6.92. The van der Waals surface area contributed by atoms with Crippen LogP contribution in [0.5, 0.6) is 0 Å². The highest BCUT2D eigenvalue weighted by Crippen LogP contribution is 2.27. The smallest absolute Gasteiger partial charge is 0.234 e. The average molecular weight is 340 g/mol. The monoisotopic (exact) mass is 340 g/mol. The molecule has 0 aliphatic carbocycles. The summed E-state index contributed by atoms with van der Waals surface area (Å²) < 4.78 is 0. The topological polar surface area (TPSA) is 74.2 Å². The van der Waals surface area contributed by atoms with Gasteiger partial charge in [-0.3, -0.25) is 9.69 Å². The first-order valence-corrected chi connectivity index (χ1v) is 9.09. The zero-order valence-corrected chi connectivity index (χ0v) is 14.4. The van der Waals surface area contributed by atoms with Gasteiger partial charge in [0, 0.05) is 38.2 Å². The van der Waals surface area contributed by atoms with Gasteiger partial charge in [0.1, 0.15) is 5.52 Å². The standard InChI is InChI=1S/C18H24N6O/c25-16(13-23-8-1-9-23)22-12-14-3-10-24(11-4-14)15-2-5-20-18-17(15)19-6-7-21-18/h2,5-7,14H,1,3-4,8-13H2,(H,22,25). The lowest BCUT2D eigenvalue weighted by Gasteiger charge is -2.34. The Labute approximate surface area is 147 Å². The summed E-state index contributed by atoms with van der Waals surface area (Å²) in [6.45, 7) is 5.42. The fourth-order valence-corrected chi connectivity index (χ4v) is 3.55. The van der Waals surface area contributed by atoms with Crippen molar-refractivity contribution in [2.75, 3.05) is 44.2 Å². The van der Waals surface area contributed by atoms with Crippen molar-refractivity contribution in [2.45, 2.75) is 19.3 Å². The van der Waals surface area contributed by atoms with E-state index in [-0.39, 0.29) is 5.91 Å². The number of rotatable bonds is 5. The number of anilines is 1. The van der Waals surface area contributed by atoms with Gasteiger partial charge in [-0.2, -0.15) is 0 Å². The van der Waals surface area contributed by atoms with Gasteiger partial charge in [-0.05, 0) is 44.3 Å². The van der Waals surface area contributed by atoms with Gasteiger partial charge in [0.15, 0.2) is 5.65 Å². The maximum atomic E-state index is 11.9. The summed E-state index contributed by atoms with van der Waals surface area (Å²) in [6, 6.07) is 2.02. The number of carbonyl (C=O) groups is 1. The molecule has 2 fully saturated rings. The first-order valence-electron chi connectivity index (χ1n) is 9.09. The fourth-order valence-electron chi connectivity index (χ4n) is 3.55. The number of nitrogens with zero attached hydrogens (tertiary/aromatic N) is 5. The molecule has 2 saturated heterocycles. The van der Waals surface area contributed by atoms with Crippen molar-refractivity contribution in [3.8, 4) is 0 Å². The SMILES string of the molecule is O=C(CN1CCC1)NCC1CCN(c2ccnc3nccnc23)CC1. The molecule has 132 valence electrons. The van der Waals surface area contributed by atoms with E-state index in [1.807, 2.05) is 6.07 Å². The molecule has 0 atom stereocenters. The van der Waals surface area contributed by atoms with Crippen LogP contribution in [0, 0.1) is 5.92 Å². The van der Waals surface area contributed by atoms with Crippen LogP contribution in [0.15, 0.2) is 24.7 Å². The van der Waals surface area contributed by atoms with E-state index in [1.165, 1.54) is 6.42 Å². The Morgan fingerprint density at radius 2 is 1.84 bits per heavy atom. The highest BCUT2D eigenvalue weighted by molar-refractivity contribution is 5.85. The molecule has 25 heavy (non-hydrogen) atoms. The molecule has 4 rings (SSSR count). The molecule has 7 heteroatoms. The molecule has 0 radical (unpaired) electrons. The summed E-state index contributed by atoms with van der Waals surface area (Å²) in [5.74, 6) is 0.716. The van der Waals surface area contributed by atoms with Crippen LogP contribution in [0.2, 0.25) is 0 Å². The van der Waals surface area contributed by atoms with Crippen LogP contribution in [0.3, 0.4) is 0 Å². The van der Waals surface area contributed by atoms with Gasteiger partial charge in [0.05, 0.1) is 12.2 Å². The number of hydrogen-bond donors (Lipinski definition) is 1. The van der Waals surface area contributed by atoms with Crippen molar-refractivity contribution in [3.63, 3.8) is 0 Å². The van der Waals surface area contributed by atoms with Gasteiger partial charge in [-0.15, -0.1) is 0 Å². The molecule has 7 nitrogen and oxygen atoms in total. The maximum absolute atomic E-state index is 11.9. The van der Waals surface area contributed by atoms with Crippen LogP contribution >= 0.6 is 0 Å². The lowest BCUT2D eigenvalue weighted by molar-refractivity contribution is -0.123. The van der Waals surface area contributed by atoms with Gasteiger partial charge in [-0.25, -0.2) is 15.0 Å². The van der Waals surface area contributed by atoms with E-state index < -0.39 is 0 Å². The number of aromatic nitrogens is 3. The Balaban J connectivity index is 1.30. The third kappa shape index (κ3) is 3.71. The van der Waals surface area contributed by atoms with E-state index in [4.69, 9.17) is 0 Å². The molecule has 0 saturated carbocycles. The van der Waals surface area contributed by atoms with E-state index >= 15 is 0 Å². The molecule has 2 aromatic rings. The molecular weight excluding hydrogens is 316 g/mol. The van der Waals surface area contributed by atoms with Crippen molar-refractivity contribution < 1.29 is 4.79 Å². The van der Waals surface area contributed by atoms with Crippen molar-refractivity contribution in [2.24, 2.45) is 5.92 Å². The number of piperidine rings is 1. The van der Waals surface area contributed by atoms with Gasteiger partial charge in [-0.1, -0.05) is 0 Å². The van der Waals surface area contributed by atoms with E-state index in [0.717, 1.165) is 56.8 Å². The molecular formula is C18H24N6O.